The molecule has 0 aliphatic carbocycles. The topological polar surface area (TPSA) is 72.2 Å². The van der Waals surface area contributed by atoms with Gasteiger partial charge in [0, 0.05) is 4.90 Å². The van der Waals surface area contributed by atoms with Gasteiger partial charge in [-0.05, 0) is 31.4 Å². The van der Waals surface area contributed by atoms with E-state index >= 15 is 0 Å². The maximum atomic E-state index is 11.9. The molecule has 4 nitrogen and oxygen atoms in total. The van der Waals surface area contributed by atoms with Crippen molar-refractivity contribution < 1.29 is 9.59 Å². The van der Waals surface area contributed by atoms with Crippen molar-refractivity contribution in [2.45, 2.75) is 37.8 Å². The summed E-state index contributed by atoms with van der Waals surface area (Å²) in [6, 6.07) is 5.28. The molecule has 0 heterocycles. The second-order valence-electron chi connectivity index (χ2n) is 4.90. The Hall–Kier alpha value is -1.49. The Bertz CT molecular complexity index is 486. The number of nitrogens with one attached hydrogen (secondary N) is 1. The lowest BCUT2D eigenvalue weighted by Crippen LogP contribution is -2.42. The van der Waals surface area contributed by atoms with Crippen LogP contribution in [0.25, 0.3) is 0 Å². The predicted molar refractivity (Wildman–Crippen MR) is 78.1 cm³/mol. The molecule has 19 heavy (non-hydrogen) atoms. The number of imide groups is 1. The highest BCUT2D eigenvalue weighted by atomic mass is 32.2. The number of rotatable bonds is 4. The molecular formula is C14H20N2O2S. The number of carbonyl (C=O) groups excluding carboxylic acids is 2. The van der Waals surface area contributed by atoms with Crippen molar-refractivity contribution in [3.05, 3.63) is 29.3 Å². The van der Waals surface area contributed by atoms with Crippen molar-refractivity contribution in [3.63, 3.8) is 0 Å². The lowest BCUT2D eigenvalue weighted by Gasteiger charge is -2.20. The number of carbonyl (C=O) groups is 2. The first kappa shape index (κ1) is 15.6. The van der Waals surface area contributed by atoms with Crippen molar-refractivity contribution in [3.8, 4) is 0 Å². The summed E-state index contributed by atoms with van der Waals surface area (Å²) in [5.74, 6) is -0.238. The van der Waals surface area contributed by atoms with Gasteiger partial charge in [-0.15, -0.1) is 11.8 Å². The van der Waals surface area contributed by atoms with Gasteiger partial charge in [-0.3, -0.25) is 10.1 Å². The van der Waals surface area contributed by atoms with Gasteiger partial charge in [0.05, 0.1) is 5.25 Å². The largest absolute Gasteiger partial charge is 0.351 e. The van der Waals surface area contributed by atoms with Crippen LogP contribution in [-0.4, -0.2) is 17.2 Å². The Morgan fingerprint density at radius 1 is 1.26 bits per heavy atom. The van der Waals surface area contributed by atoms with Crippen LogP contribution in [0.3, 0.4) is 0 Å². The predicted octanol–water partition coefficient (Wildman–Crippen LogP) is 2.62. The third-order valence-electron chi connectivity index (χ3n) is 2.69. The molecule has 0 saturated heterocycles. The van der Waals surface area contributed by atoms with E-state index in [4.69, 9.17) is 5.73 Å². The maximum absolute atomic E-state index is 11.9. The fraction of sp³-hybridized carbons (Fsp3) is 0.429. The highest BCUT2D eigenvalue weighted by molar-refractivity contribution is 8.00. The van der Waals surface area contributed by atoms with Gasteiger partial charge in [-0.25, -0.2) is 4.79 Å². The normalized spacial score (nSPS) is 12.3. The number of aryl methyl sites for hydroxylation is 2. The van der Waals surface area contributed by atoms with Gasteiger partial charge < -0.3 is 5.73 Å². The summed E-state index contributed by atoms with van der Waals surface area (Å²) in [7, 11) is 0. The van der Waals surface area contributed by atoms with Crippen LogP contribution in [0.2, 0.25) is 0 Å². The molecule has 104 valence electrons. The molecule has 0 spiro atoms. The van der Waals surface area contributed by atoms with E-state index in [2.05, 4.69) is 11.4 Å². The average molecular weight is 280 g/mol. The fourth-order valence-corrected chi connectivity index (χ4v) is 2.86. The summed E-state index contributed by atoms with van der Waals surface area (Å²) < 4.78 is 0. The minimum atomic E-state index is -0.808. The van der Waals surface area contributed by atoms with Gasteiger partial charge in [0.25, 0.3) is 0 Å². The zero-order valence-electron chi connectivity index (χ0n) is 11.7. The Kier molecular flexibility index (Phi) is 5.42. The number of nitrogens with two attached hydrogens (primary N) is 1. The van der Waals surface area contributed by atoms with E-state index in [1.54, 1.807) is 0 Å². The second-order valence-corrected chi connectivity index (χ2v) is 6.09. The number of thioether (sulfide) groups is 1. The molecule has 3 amide bonds. The number of urea groups is 1. The third kappa shape index (κ3) is 4.59. The van der Waals surface area contributed by atoms with E-state index < -0.39 is 6.03 Å². The summed E-state index contributed by atoms with van der Waals surface area (Å²) in [4.78, 5) is 23.8. The molecule has 3 N–H and O–H groups in total. The van der Waals surface area contributed by atoms with Crippen molar-refractivity contribution in [2.75, 3.05) is 0 Å². The summed E-state index contributed by atoms with van der Waals surface area (Å²) in [5.41, 5.74) is 7.31. The molecule has 0 radical (unpaired) electrons. The lowest BCUT2D eigenvalue weighted by atomic mass is 10.1. The van der Waals surface area contributed by atoms with Gasteiger partial charge in [0.1, 0.15) is 0 Å². The SMILES string of the molecule is Cc1ccc(S[C@@H](C(=O)NC(N)=O)C(C)C)c(C)c1. The molecule has 1 rings (SSSR count). The molecule has 0 saturated carbocycles. The zero-order chi connectivity index (χ0) is 14.6. The van der Waals surface area contributed by atoms with Crippen LogP contribution in [0.4, 0.5) is 4.79 Å². The van der Waals surface area contributed by atoms with Crippen LogP contribution in [0.5, 0.6) is 0 Å². The molecule has 1 atom stereocenters. The molecule has 5 heteroatoms. The molecule has 0 aliphatic rings. The van der Waals surface area contributed by atoms with E-state index in [-0.39, 0.29) is 17.1 Å². The second kappa shape index (κ2) is 6.61. The quantitative estimate of drug-likeness (QED) is 0.833. The average Bonchev–Trinajstić information content (AvgIpc) is 2.26. The first-order valence-corrected chi connectivity index (χ1v) is 7.03. The summed E-state index contributed by atoms with van der Waals surface area (Å²) in [6.07, 6.45) is 0. The van der Waals surface area contributed by atoms with Gasteiger partial charge in [0.2, 0.25) is 5.91 Å². The van der Waals surface area contributed by atoms with Crippen LogP contribution >= 0.6 is 11.8 Å². The minimum absolute atomic E-state index is 0.102. The van der Waals surface area contributed by atoms with Crippen molar-refractivity contribution >= 4 is 23.7 Å². The monoisotopic (exact) mass is 280 g/mol. The summed E-state index contributed by atoms with van der Waals surface area (Å²) in [6.45, 7) is 7.93. The Morgan fingerprint density at radius 3 is 2.37 bits per heavy atom. The number of hydrogen-bond donors (Lipinski definition) is 2. The van der Waals surface area contributed by atoms with E-state index in [9.17, 15) is 9.59 Å². The number of hydrogen-bond acceptors (Lipinski definition) is 3. The van der Waals surface area contributed by atoms with Crippen LogP contribution in [0.1, 0.15) is 25.0 Å². The summed E-state index contributed by atoms with van der Waals surface area (Å²) >= 11 is 1.46. The highest BCUT2D eigenvalue weighted by Gasteiger charge is 2.24. The molecule has 1 aromatic carbocycles. The maximum Gasteiger partial charge on any atom is 0.318 e. The minimum Gasteiger partial charge on any atom is -0.351 e. The van der Waals surface area contributed by atoms with Crippen LogP contribution in [-0.2, 0) is 4.79 Å². The van der Waals surface area contributed by atoms with E-state index in [0.717, 1.165) is 10.5 Å². The molecule has 0 bridgehead atoms. The Morgan fingerprint density at radius 2 is 1.89 bits per heavy atom. The zero-order valence-corrected chi connectivity index (χ0v) is 12.5. The van der Waals surface area contributed by atoms with Gasteiger partial charge in [0.15, 0.2) is 0 Å². The smallest absolute Gasteiger partial charge is 0.318 e. The molecule has 0 fully saturated rings. The van der Waals surface area contributed by atoms with Gasteiger partial charge in [-0.1, -0.05) is 31.5 Å². The standard InChI is InChI=1S/C14H20N2O2S/c1-8(2)12(13(17)16-14(15)18)19-11-6-5-9(3)7-10(11)4/h5-8,12H,1-4H3,(H3,15,16,17,18)/t12-/m1/s1. The van der Waals surface area contributed by atoms with Crippen molar-refractivity contribution in [1.82, 2.24) is 5.32 Å². The van der Waals surface area contributed by atoms with E-state index in [1.807, 2.05) is 39.8 Å². The number of benzene rings is 1. The Balaban J connectivity index is 2.89. The van der Waals surface area contributed by atoms with Crippen LogP contribution in [0, 0.1) is 19.8 Å². The first-order valence-electron chi connectivity index (χ1n) is 6.15. The van der Waals surface area contributed by atoms with Gasteiger partial charge in [-0.2, -0.15) is 0 Å². The Labute approximate surface area is 118 Å². The molecule has 0 unspecified atom stereocenters. The highest BCUT2D eigenvalue weighted by Crippen LogP contribution is 2.31. The number of primary amides is 1. The van der Waals surface area contributed by atoms with E-state index in [0.29, 0.717) is 0 Å². The van der Waals surface area contributed by atoms with Gasteiger partial charge >= 0.3 is 6.03 Å². The van der Waals surface area contributed by atoms with E-state index in [1.165, 1.54) is 17.3 Å². The molecule has 1 aromatic rings. The summed E-state index contributed by atoms with van der Waals surface area (Å²) in [5, 5.41) is 1.82. The van der Waals surface area contributed by atoms with Crippen LogP contribution in [0.15, 0.2) is 23.1 Å². The van der Waals surface area contributed by atoms with Crippen LogP contribution < -0.4 is 11.1 Å². The van der Waals surface area contributed by atoms with Crippen molar-refractivity contribution in [1.29, 1.82) is 0 Å². The fourth-order valence-electron chi connectivity index (χ4n) is 1.75. The number of amides is 3. The van der Waals surface area contributed by atoms with Crippen molar-refractivity contribution in [2.24, 2.45) is 11.7 Å². The first-order chi connectivity index (χ1) is 8.81. The molecular weight excluding hydrogens is 260 g/mol. The third-order valence-corrected chi connectivity index (χ3v) is 4.42. The molecule has 0 aliphatic heterocycles. The molecule has 0 aromatic heterocycles. The lowest BCUT2D eigenvalue weighted by molar-refractivity contribution is -0.120.